The number of rotatable bonds is 8. The summed E-state index contributed by atoms with van der Waals surface area (Å²) >= 11 is 0. The summed E-state index contributed by atoms with van der Waals surface area (Å²) in [5.41, 5.74) is 0.844. The van der Waals surface area contributed by atoms with Crippen molar-refractivity contribution >= 4 is 15.9 Å². The van der Waals surface area contributed by atoms with Crippen LogP contribution in [0.25, 0.3) is 0 Å². The highest BCUT2D eigenvalue weighted by Crippen LogP contribution is 2.29. The van der Waals surface area contributed by atoms with Crippen molar-refractivity contribution in [3.8, 4) is 11.5 Å². The highest BCUT2D eigenvalue weighted by molar-refractivity contribution is 7.89. The highest BCUT2D eigenvalue weighted by atomic mass is 32.2. The van der Waals surface area contributed by atoms with Crippen LogP contribution in [-0.4, -0.2) is 41.6 Å². The zero-order chi connectivity index (χ0) is 19.2. The molecule has 7 nitrogen and oxygen atoms in total. The van der Waals surface area contributed by atoms with E-state index in [1.165, 1.54) is 39.5 Å². The van der Waals surface area contributed by atoms with Gasteiger partial charge in [0.05, 0.1) is 19.1 Å². The Morgan fingerprint density at radius 2 is 1.69 bits per heavy atom. The SMILES string of the molecule is CNC(=O)C(Cc1ccccc1)NS(=O)(=O)c1ccc(OC)c(OC)c1. The van der Waals surface area contributed by atoms with Gasteiger partial charge in [-0.3, -0.25) is 4.79 Å². The minimum Gasteiger partial charge on any atom is -0.493 e. The van der Waals surface area contributed by atoms with E-state index in [1.807, 2.05) is 30.3 Å². The van der Waals surface area contributed by atoms with E-state index in [4.69, 9.17) is 9.47 Å². The van der Waals surface area contributed by atoms with Gasteiger partial charge in [0.1, 0.15) is 6.04 Å². The Hall–Kier alpha value is -2.58. The maximum atomic E-state index is 12.7. The summed E-state index contributed by atoms with van der Waals surface area (Å²) in [5, 5.41) is 2.49. The monoisotopic (exact) mass is 378 g/mol. The van der Waals surface area contributed by atoms with Crippen molar-refractivity contribution in [2.45, 2.75) is 17.4 Å². The molecule has 2 N–H and O–H groups in total. The topological polar surface area (TPSA) is 93.7 Å². The molecular formula is C18H22N2O5S. The number of ether oxygens (including phenoxy) is 2. The normalized spacial score (nSPS) is 12.3. The Morgan fingerprint density at radius 1 is 1.04 bits per heavy atom. The lowest BCUT2D eigenvalue weighted by Crippen LogP contribution is -2.46. The number of methoxy groups -OCH3 is 2. The fourth-order valence-electron chi connectivity index (χ4n) is 2.45. The first-order valence-electron chi connectivity index (χ1n) is 7.91. The number of hydrogen-bond donors (Lipinski definition) is 2. The third-order valence-corrected chi connectivity index (χ3v) is 5.28. The Bertz CT molecular complexity index is 853. The largest absolute Gasteiger partial charge is 0.493 e. The molecule has 2 aromatic rings. The minimum absolute atomic E-state index is 0.0166. The molecular weight excluding hydrogens is 356 g/mol. The number of amides is 1. The number of benzene rings is 2. The van der Waals surface area contributed by atoms with Crippen molar-refractivity contribution in [1.29, 1.82) is 0 Å². The van der Waals surface area contributed by atoms with Crippen LogP contribution in [0.2, 0.25) is 0 Å². The zero-order valence-corrected chi connectivity index (χ0v) is 15.7. The average Bonchev–Trinajstić information content (AvgIpc) is 2.66. The van der Waals surface area contributed by atoms with Crippen LogP contribution in [0.3, 0.4) is 0 Å². The summed E-state index contributed by atoms with van der Waals surface area (Å²) in [6, 6.07) is 12.5. The van der Waals surface area contributed by atoms with Crippen molar-refractivity contribution in [2.75, 3.05) is 21.3 Å². The van der Waals surface area contributed by atoms with E-state index in [-0.39, 0.29) is 17.1 Å². The second-order valence-corrected chi connectivity index (χ2v) is 7.21. The number of carbonyl (C=O) groups is 1. The van der Waals surface area contributed by atoms with Crippen LogP contribution in [0.15, 0.2) is 53.4 Å². The number of hydrogen-bond acceptors (Lipinski definition) is 5. The molecule has 0 saturated carbocycles. The van der Waals surface area contributed by atoms with Gasteiger partial charge in [0.2, 0.25) is 15.9 Å². The maximum Gasteiger partial charge on any atom is 0.241 e. The quantitative estimate of drug-likeness (QED) is 0.723. The molecule has 2 aromatic carbocycles. The van der Waals surface area contributed by atoms with Gasteiger partial charge >= 0.3 is 0 Å². The van der Waals surface area contributed by atoms with Gasteiger partial charge < -0.3 is 14.8 Å². The summed E-state index contributed by atoms with van der Waals surface area (Å²) < 4.78 is 38.2. The number of nitrogens with one attached hydrogen (secondary N) is 2. The number of sulfonamides is 1. The lowest BCUT2D eigenvalue weighted by Gasteiger charge is -2.18. The van der Waals surface area contributed by atoms with Gasteiger partial charge in [-0.15, -0.1) is 0 Å². The van der Waals surface area contributed by atoms with E-state index in [9.17, 15) is 13.2 Å². The van der Waals surface area contributed by atoms with Crippen molar-refractivity contribution < 1.29 is 22.7 Å². The summed E-state index contributed by atoms with van der Waals surface area (Å²) in [4.78, 5) is 12.1. The predicted octanol–water partition coefficient (Wildman–Crippen LogP) is 1.34. The zero-order valence-electron chi connectivity index (χ0n) is 14.9. The van der Waals surface area contributed by atoms with Gasteiger partial charge in [-0.25, -0.2) is 8.42 Å². The molecule has 0 aromatic heterocycles. The summed E-state index contributed by atoms with van der Waals surface area (Å²) in [6.07, 6.45) is 0.229. The third-order valence-electron chi connectivity index (χ3n) is 3.81. The van der Waals surface area contributed by atoms with Crippen LogP contribution in [-0.2, 0) is 21.2 Å². The van der Waals surface area contributed by atoms with E-state index in [0.717, 1.165) is 5.56 Å². The molecule has 2 rings (SSSR count). The standard InChI is InChI=1S/C18H22N2O5S/c1-19-18(21)15(11-13-7-5-4-6-8-13)20-26(22,23)14-9-10-16(24-2)17(12-14)25-3/h4-10,12,15,20H,11H2,1-3H3,(H,19,21). The van der Waals surface area contributed by atoms with Crippen LogP contribution in [0.5, 0.6) is 11.5 Å². The molecule has 0 aliphatic carbocycles. The molecule has 0 fully saturated rings. The van der Waals surface area contributed by atoms with Crippen molar-refractivity contribution in [2.24, 2.45) is 0 Å². The summed E-state index contributed by atoms with van der Waals surface area (Å²) in [6.45, 7) is 0. The van der Waals surface area contributed by atoms with Crippen LogP contribution in [0.1, 0.15) is 5.56 Å². The Kier molecular flexibility index (Phi) is 6.59. The molecule has 0 aliphatic heterocycles. The Labute approximate surface area is 153 Å². The summed E-state index contributed by atoms with van der Waals surface area (Å²) in [5.74, 6) is 0.284. The Morgan fingerprint density at radius 3 is 2.27 bits per heavy atom. The lowest BCUT2D eigenvalue weighted by molar-refractivity contribution is -0.122. The second kappa shape index (κ2) is 8.68. The predicted molar refractivity (Wildman–Crippen MR) is 97.9 cm³/mol. The second-order valence-electron chi connectivity index (χ2n) is 5.49. The van der Waals surface area contributed by atoms with Gasteiger partial charge in [-0.2, -0.15) is 4.72 Å². The van der Waals surface area contributed by atoms with Crippen molar-refractivity contribution in [3.63, 3.8) is 0 Å². The third kappa shape index (κ3) is 4.74. The highest BCUT2D eigenvalue weighted by Gasteiger charge is 2.26. The summed E-state index contributed by atoms with van der Waals surface area (Å²) in [7, 11) is 0.410. The van der Waals surface area contributed by atoms with Crippen LogP contribution in [0, 0.1) is 0 Å². The molecule has 0 radical (unpaired) electrons. The molecule has 1 unspecified atom stereocenters. The molecule has 0 saturated heterocycles. The van der Waals surface area contributed by atoms with Gasteiger partial charge in [0, 0.05) is 13.1 Å². The maximum absolute atomic E-state index is 12.7. The van der Waals surface area contributed by atoms with Gasteiger partial charge in [0.25, 0.3) is 0 Å². The first kappa shape index (κ1) is 19.7. The molecule has 0 aliphatic rings. The van der Waals surface area contributed by atoms with Crippen LogP contribution >= 0.6 is 0 Å². The van der Waals surface area contributed by atoms with Crippen LogP contribution < -0.4 is 19.5 Å². The molecule has 8 heteroatoms. The molecule has 140 valence electrons. The van der Waals surface area contributed by atoms with Crippen molar-refractivity contribution in [3.05, 3.63) is 54.1 Å². The smallest absolute Gasteiger partial charge is 0.241 e. The molecule has 0 heterocycles. The van der Waals surface area contributed by atoms with Crippen LogP contribution in [0.4, 0.5) is 0 Å². The molecule has 1 atom stereocenters. The molecule has 26 heavy (non-hydrogen) atoms. The number of likely N-dealkylation sites (N-methyl/N-ethyl adjacent to an activating group) is 1. The van der Waals surface area contributed by atoms with Gasteiger partial charge in [-0.05, 0) is 24.1 Å². The first-order valence-corrected chi connectivity index (χ1v) is 9.39. The molecule has 0 spiro atoms. The first-order chi connectivity index (χ1) is 12.4. The van der Waals surface area contributed by atoms with Gasteiger partial charge in [0.15, 0.2) is 11.5 Å². The fraction of sp³-hybridized carbons (Fsp3) is 0.278. The lowest BCUT2D eigenvalue weighted by atomic mass is 10.1. The van der Waals surface area contributed by atoms with E-state index < -0.39 is 22.0 Å². The minimum atomic E-state index is -3.94. The van der Waals surface area contributed by atoms with E-state index in [2.05, 4.69) is 10.0 Å². The van der Waals surface area contributed by atoms with Gasteiger partial charge in [-0.1, -0.05) is 30.3 Å². The number of carbonyl (C=O) groups excluding carboxylic acids is 1. The fourth-order valence-corrected chi connectivity index (χ4v) is 3.66. The molecule has 1 amide bonds. The van der Waals surface area contributed by atoms with E-state index >= 15 is 0 Å². The van der Waals surface area contributed by atoms with Crippen molar-refractivity contribution in [1.82, 2.24) is 10.0 Å². The Balaban J connectivity index is 2.29. The average molecular weight is 378 g/mol. The molecule has 0 bridgehead atoms. The van der Waals surface area contributed by atoms with E-state index in [0.29, 0.717) is 5.75 Å². The van der Waals surface area contributed by atoms with E-state index in [1.54, 1.807) is 0 Å².